The maximum absolute atomic E-state index is 12.4. The largest absolute Gasteiger partial charge is 0.496 e. The fraction of sp³-hybridized carbons (Fsp3) is 0.158. The maximum atomic E-state index is 12.4. The van der Waals surface area contributed by atoms with Crippen LogP contribution in [0.15, 0.2) is 54.7 Å². The van der Waals surface area contributed by atoms with Gasteiger partial charge in [0, 0.05) is 35.5 Å². The number of Topliss-reactive ketones (excluding diaryl/α,β-unsaturated/α-hetero) is 2. The molecule has 0 aliphatic heterocycles. The molecule has 23 heavy (non-hydrogen) atoms. The van der Waals surface area contributed by atoms with E-state index in [1.54, 1.807) is 24.4 Å². The molecule has 0 fully saturated rings. The number of aromatic amines is 1. The fourth-order valence-electron chi connectivity index (χ4n) is 2.67. The molecule has 3 rings (SSSR count). The molecule has 116 valence electrons. The Morgan fingerprint density at radius 2 is 1.57 bits per heavy atom. The number of nitrogens with one attached hydrogen (secondary N) is 1. The Hall–Kier alpha value is -2.88. The quantitative estimate of drug-likeness (QED) is 0.700. The van der Waals surface area contributed by atoms with Crippen LogP contribution in [-0.2, 0) is 0 Å². The minimum absolute atomic E-state index is 0.0364. The minimum atomic E-state index is -0.0874. The molecule has 4 nitrogen and oxygen atoms in total. The summed E-state index contributed by atoms with van der Waals surface area (Å²) in [6.07, 6.45) is 2.05. The maximum Gasteiger partial charge on any atom is 0.167 e. The number of carbonyl (C=O) groups excluding carboxylic acids is 2. The first kappa shape index (κ1) is 15.0. The molecule has 0 saturated carbocycles. The molecule has 3 aromatic rings. The van der Waals surface area contributed by atoms with E-state index in [1.165, 1.54) is 7.11 Å². The average molecular weight is 307 g/mol. The Kier molecular flexibility index (Phi) is 4.24. The van der Waals surface area contributed by atoms with Gasteiger partial charge in [-0.15, -0.1) is 0 Å². The Morgan fingerprint density at radius 3 is 2.35 bits per heavy atom. The monoisotopic (exact) mass is 307 g/mol. The van der Waals surface area contributed by atoms with Crippen LogP contribution >= 0.6 is 0 Å². The third kappa shape index (κ3) is 3.01. The topological polar surface area (TPSA) is 59.2 Å². The lowest BCUT2D eigenvalue weighted by Gasteiger charge is -2.06. The zero-order valence-electron chi connectivity index (χ0n) is 12.8. The molecular weight excluding hydrogens is 290 g/mol. The average Bonchev–Trinajstić information content (AvgIpc) is 3.03. The summed E-state index contributed by atoms with van der Waals surface area (Å²) in [7, 11) is 1.53. The predicted molar refractivity (Wildman–Crippen MR) is 89.2 cm³/mol. The van der Waals surface area contributed by atoms with E-state index in [4.69, 9.17) is 4.74 Å². The predicted octanol–water partition coefficient (Wildman–Crippen LogP) is 4.02. The number of benzene rings is 2. The van der Waals surface area contributed by atoms with Gasteiger partial charge in [-0.2, -0.15) is 0 Å². The summed E-state index contributed by atoms with van der Waals surface area (Å²) in [5.41, 5.74) is 2.07. The van der Waals surface area contributed by atoms with Crippen molar-refractivity contribution in [1.82, 2.24) is 4.98 Å². The highest BCUT2D eigenvalue weighted by molar-refractivity contribution is 6.09. The van der Waals surface area contributed by atoms with Crippen LogP contribution in [0.4, 0.5) is 0 Å². The van der Waals surface area contributed by atoms with Crippen molar-refractivity contribution in [1.29, 1.82) is 0 Å². The van der Waals surface area contributed by atoms with Gasteiger partial charge in [0.25, 0.3) is 0 Å². The lowest BCUT2D eigenvalue weighted by Crippen LogP contribution is -2.06. The van der Waals surface area contributed by atoms with Gasteiger partial charge in [0.05, 0.1) is 12.7 Å². The van der Waals surface area contributed by atoms with Gasteiger partial charge in [-0.05, 0) is 18.2 Å². The van der Waals surface area contributed by atoms with Gasteiger partial charge < -0.3 is 9.72 Å². The first-order valence-corrected chi connectivity index (χ1v) is 7.46. The van der Waals surface area contributed by atoms with Crippen LogP contribution in [-0.4, -0.2) is 23.7 Å². The lowest BCUT2D eigenvalue weighted by molar-refractivity contribution is 0.0916. The molecule has 0 amide bonds. The van der Waals surface area contributed by atoms with Gasteiger partial charge >= 0.3 is 0 Å². The van der Waals surface area contributed by atoms with E-state index < -0.39 is 0 Å². The van der Waals surface area contributed by atoms with Crippen molar-refractivity contribution < 1.29 is 14.3 Å². The van der Waals surface area contributed by atoms with Crippen molar-refractivity contribution >= 4 is 22.5 Å². The Labute approximate surface area is 134 Å². The number of carbonyl (C=O) groups is 2. The van der Waals surface area contributed by atoms with Crippen LogP contribution in [0, 0.1) is 0 Å². The van der Waals surface area contributed by atoms with E-state index in [0.717, 1.165) is 10.9 Å². The van der Waals surface area contributed by atoms with Crippen LogP contribution in [0.1, 0.15) is 33.6 Å². The van der Waals surface area contributed by atoms with Crippen LogP contribution in [0.25, 0.3) is 10.9 Å². The molecule has 0 saturated heterocycles. The van der Waals surface area contributed by atoms with Gasteiger partial charge in [0.15, 0.2) is 11.6 Å². The van der Waals surface area contributed by atoms with Crippen molar-refractivity contribution in [3.8, 4) is 5.75 Å². The second-order valence-corrected chi connectivity index (χ2v) is 5.29. The molecule has 4 heteroatoms. The Balaban J connectivity index is 1.73. The number of fused-ring (bicyclic) bond motifs is 1. The molecule has 1 heterocycles. The van der Waals surface area contributed by atoms with Gasteiger partial charge in [0.2, 0.25) is 0 Å². The number of hydrogen-bond donors (Lipinski definition) is 1. The standard InChI is InChI=1S/C19H17NO3/c1-23-19-9-5-3-7-14(19)17(21)10-11-18(22)15-12-20-16-8-4-2-6-13(15)16/h2-9,12,20H,10-11H2,1H3. The molecule has 0 aliphatic rings. The number of rotatable bonds is 6. The number of aromatic nitrogens is 1. The first-order valence-electron chi connectivity index (χ1n) is 7.46. The Bertz CT molecular complexity index is 864. The molecule has 0 unspecified atom stereocenters. The van der Waals surface area contributed by atoms with Crippen molar-refractivity contribution in [3.63, 3.8) is 0 Å². The second kappa shape index (κ2) is 6.48. The van der Waals surface area contributed by atoms with Crippen molar-refractivity contribution in [2.24, 2.45) is 0 Å². The van der Waals surface area contributed by atoms with Crippen LogP contribution in [0.5, 0.6) is 5.75 Å². The third-order valence-corrected chi connectivity index (χ3v) is 3.88. The second-order valence-electron chi connectivity index (χ2n) is 5.29. The van der Waals surface area contributed by atoms with Crippen molar-refractivity contribution in [2.45, 2.75) is 12.8 Å². The number of ketones is 2. The van der Waals surface area contributed by atoms with Crippen LogP contribution < -0.4 is 4.74 Å². The highest BCUT2D eigenvalue weighted by Crippen LogP contribution is 2.22. The molecule has 0 aliphatic carbocycles. The molecular formula is C19H17NO3. The van der Waals surface area contributed by atoms with Crippen molar-refractivity contribution in [3.05, 3.63) is 65.9 Å². The summed E-state index contributed by atoms with van der Waals surface area (Å²) < 4.78 is 5.19. The fourth-order valence-corrected chi connectivity index (χ4v) is 2.67. The minimum Gasteiger partial charge on any atom is -0.496 e. The summed E-state index contributed by atoms with van der Waals surface area (Å²) in [5, 5.41) is 0.891. The normalized spacial score (nSPS) is 10.7. The number of hydrogen-bond acceptors (Lipinski definition) is 3. The SMILES string of the molecule is COc1ccccc1C(=O)CCC(=O)c1c[nH]c2ccccc12. The molecule has 1 aromatic heterocycles. The zero-order valence-corrected chi connectivity index (χ0v) is 12.8. The molecule has 0 radical (unpaired) electrons. The lowest BCUT2D eigenvalue weighted by atomic mass is 10.0. The van der Waals surface area contributed by atoms with E-state index in [2.05, 4.69) is 4.98 Å². The van der Waals surface area contributed by atoms with Crippen LogP contribution in [0.3, 0.4) is 0 Å². The molecule has 0 spiro atoms. The van der Waals surface area contributed by atoms with E-state index in [-0.39, 0.29) is 24.4 Å². The number of para-hydroxylation sites is 2. The van der Waals surface area contributed by atoms with E-state index in [9.17, 15) is 9.59 Å². The molecule has 1 N–H and O–H groups in total. The third-order valence-electron chi connectivity index (χ3n) is 3.88. The highest BCUT2D eigenvalue weighted by Gasteiger charge is 2.16. The van der Waals surface area contributed by atoms with Gasteiger partial charge in [0.1, 0.15) is 5.75 Å². The van der Waals surface area contributed by atoms with E-state index in [1.807, 2.05) is 30.3 Å². The highest BCUT2D eigenvalue weighted by atomic mass is 16.5. The van der Waals surface area contributed by atoms with E-state index >= 15 is 0 Å². The van der Waals surface area contributed by atoms with Crippen LogP contribution in [0.2, 0.25) is 0 Å². The molecule has 2 aromatic carbocycles. The summed E-state index contributed by atoms with van der Waals surface area (Å²) in [6, 6.07) is 14.7. The smallest absolute Gasteiger partial charge is 0.167 e. The summed E-state index contributed by atoms with van der Waals surface area (Å²) in [4.78, 5) is 27.8. The van der Waals surface area contributed by atoms with Gasteiger partial charge in [-0.1, -0.05) is 30.3 Å². The number of ether oxygens (including phenoxy) is 1. The first-order chi connectivity index (χ1) is 11.2. The summed E-state index contributed by atoms with van der Waals surface area (Å²) >= 11 is 0. The zero-order chi connectivity index (χ0) is 16.2. The Morgan fingerprint density at radius 1 is 0.913 bits per heavy atom. The number of H-pyrrole nitrogens is 1. The summed E-state index contributed by atoms with van der Waals surface area (Å²) in [5.74, 6) is 0.415. The van der Waals surface area contributed by atoms with Crippen molar-refractivity contribution in [2.75, 3.05) is 7.11 Å². The van der Waals surface area contributed by atoms with Gasteiger partial charge in [-0.25, -0.2) is 0 Å². The van der Waals surface area contributed by atoms with E-state index in [0.29, 0.717) is 16.9 Å². The van der Waals surface area contributed by atoms with Gasteiger partial charge in [-0.3, -0.25) is 9.59 Å². The summed E-state index contributed by atoms with van der Waals surface area (Å²) in [6.45, 7) is 0. The molecule has 0 atom stereocenters. The number of methoxy groups -OCH3 is 1. The molecule has 0 bridgehead atoms.